The number of aryl methyl sites for hydroxylation is 1. The van der Waals surface area contributed by atoms with Crippen molar-refractivity contribution in [1.82, 2.24) is 9.80 Å². The molecule has 0 bridgehead atoms. The van der Waals surface area contributed by atoms with Crippen LogP contribution in [-0.2, 0) is 15.0 Å². The van der Waals surface area contributed by atoms with Gasteiger partial charge in [-0.3, -0.25) is 9.59 Å². The number of carbonyl (C=O) groups excluding carboxylic acids is 2. The van der Waals surface area contributed by atoms with Gasteiger partial charge in [0.15, 0.2) is 0 Å². The fraction of sp³-hybridized carbons (Fsp3) is 0.533. The number of likely N-dealkylation sites (tertiary alicyclic amines) is 1. The summed E-state index contributed by atoms with van der Waals surface area (Å²) in [5.41, 5.74) is 2.15. The van der Waals surface area contributed by atoms with Crippen LogP contribution in [-0.4, -0.2) is 54.4 Å². The molecule has 6 nitrogen and oxygen atoms in total. The fourth-order valence-electron chi connectivity index (χ4n) is 6.41. The Kier molecular flexibility index (Phi) is 7.07. The van der Waals surface area contributed by atoms with Crippen LogP contribution in [0.25, 0.3) is 6.08 Å². The first-order valence-corrected chi connectivity index (χ1v) is 13.3. The molecule has 3 atom stereocenters. The number of furan rings is 1. The lowest BCUT2D eigenvalue weighted by molar-refractivity contribution is -0.132. The van der Waals surface area contributed by atoms with E-state index in [0.29, 0.717) is 11.7 Å². The van der Waals surface area contributed by atoms with E-state index >= 15 is 0 Å². The van der Waals surface area contributed by atoms with Crippen LogP contribution in [0.4, 0.5) is 0 Å². The summed E-state index contributed by atoms with van der Waals surface area (Å²) in [5, 5.41) is 0. The van der Waals surface area contributed by atoms with Crippen molar-refractivity contribution in [3.8, 4) is 5.75 Å². The van der Waals surface area contributed by atoms with Gasteiger partial charge in [-0.15, -0.1) is 0 Å². The molecular formula is C30H38N2O4. The van der Waals surface area contributed by atoms with Crippen molar-refractivity contribution in [1.29, 1.82) is 0 Å². The van der Waals surface area contributed by atoms with E-state index in [1.54, 1.807) is 12.3 Å². The monoisotopic (exact) mass is 490 g/mol. The zero-order valence-electron chi connectivity index (χ0n) is 21.7. The van der Waals surface area contributed by atoms with Crippen molar-refractivity contribution in [2.45, 2.75) is 63.8 Å². The van der Waals surface area contributed by atoms with E-state index in [1.807, 2.05) is 43.1 Å². The Hall–Kier alpha value is -2.86. The first kappa shape index (κ1) is 24.8. The average molecular weight is 491 g/mol. The maximum atomic E-state index is 13.1. The molecule has 0 unspecified atom stereocenters. The lowest BCUT2D eigenvalue weighted by atomic mass is 9.57. The molecule has 0 radical (unpaired) electrons. The number of likely N-dealkylation sites (N-methyl/N-ethyl adjacent to an activating group) is 1. The van der Waals surface area contributed by atoms with Gasteiger partial charge in [-0.1, -0.05) is 12.1 Å². The highest BCUT2D eigenvalue weighted by Gasteiger charge is 2.49. The Morgan fingerprint density at radius 1 is 1.22 bits per heavy atom. The highest BCUT2D eigenvalue weighted by molar-refractivity contribution is 5.92. The minimum atomic E-state index is -0.299. The first-order chi connectivity index (χ1) is 17.3. The summed E-state index contributed by atoms with van der Waals surface area (Å²) < 4.78 is 10.8. The first-order valence-electron chi connectivity index (χ1n) is 13.3. The molecule has 5 rings (SSSR count). The molecule has 1 aliphatic heterocycles. The normalized spacial score (nSPS) is 26.5. The Morgan fingerprint density at radius 2 is 2.06 bits per heavy atom. The van der Waals surface area contributed by atoms with Crippen LogP contribution < -0.4 is 4.74 Å². The predicted octanol–water partition coefficient (Wildman–Crippen LogP) is 5.21. The van der Waals surface area contributed by atoms with E-state index in [-0.39, 0.29) is 23.3 Å². The van der Waals surface area contributed by atoms with Crippen molar-refractivity contribution >= 4 is 18.0 Å². The maximum Gasteiger partial charge on any atom is 0.308 e. The second-order valence-electron chi connectivity index (χ2n) is 11.1. The van der Waals surface area contributed by atoms with Crippen LogP contribution >= 0.6 is 0 Å². The number of benzene rings is 1. The van der Waals surface area contributed by atoms with Crippen molar-refractivity contribution in [3.05, 3.63) is 59.6 Å². The number of ether oxygens (including phenoxy) is 1. The van der Waals surface area contributed by atoms with E-state index < -0.39 is 0 Å². The van der Waals surface area contributed by atoms with E-state index in [4.69, 9.17) is 9.15 Å². The summed E-state index contributed by atoms with van der Waals surface area (Å²) in [6.07, 6.45) is 12.0. The van der Waals surface area contributed by atoms with Gasteiger partial charge in [-0.2, -0.15) is 0 Å². The quantitative estimate of drug-likeness (QED) is 0.303. The molecule has 2 aliphatic carbocycles. The van der Waals surface area contributed by atoms with E-state index in [0.717, 1.165) is 56.0 Å². The van der Waals surface area contributed by atoms with Crippen molar-refractivity contribution in [2.75, 3.05) is 26.7 Å². The van der Waals surface area contributed by atoms with Crippen LogP contribution in [0, 0.1) is 18.8 Å². The molecule has 2 aromatic rings. The number of nitrogens with zero attached hydrogens (tertiary/aromatic N) is 2. The Balaban J connectivity index is 1.38. The molecule has 0 N–H and O–H groups in total. The van der Waals surface area contributed by atoms with Gasteiger partial charge in [0, 0.05) is 50.2 Å². The predicted molar refractivity (Wildman–Crippen MR) is 140 cm³/mol. The molecule has 36 heavy (non-hydrogen) atoms. The molecule has 2 saturated carbocycles. The lowest BCUT2D eigenvalue weighted by Crippen LogP contribution is -2.56. The summed E-state index contributed by atoms with van der Waals surface area (Å²) in [7, 11) is 1.94. The van der Waals surface area contributed by atoms with Gasteiger partial charge < -0.3 is 19.0 Å². The smallest absolute Gasteiger partial charge is 0.308 e. The maximum absolute atomic E-state index is 13.1. The van der Waals surface area contributed by atoms with Crippen LogP contribution in [0.5, 0.6) is 5.75 Å². The topological polar surface area (TPSA) is 63.0 Å². The summed E-state index contributed by atoms with van der Waals surface area (Å²) in [4.78, 5) is 29.4. The SMILES string of the molecule is CC(=O)Oc1cccc([C@@]23CCN(CC4CC4)C[C@H]2CC[C@H](N(C)C(=O)/C=C/c2ccoc2C)C3)c1. The summed E-state index contributed by atoms with van der Waals surface area (Å²) in [5.74, 6) is 2.56. The summed E-state index contributed by atoms with van der Waals surface area (Å²) >= 11 is 0. The minimum absolute atomic E-state index is 0.0223. The third kappa shape index (κ3) is 5.29. The van der Waals surface area contributed by atoms with Gasteiger partial charge in [-0.05, 0) is 93.7 Å². The molecule has 3 fully saturated rings. The number of hydrogen-bond acceptors (Lipinski definition) is 5. The van der Waals surface area contributed by atoms with Gasteiger partial charge in [0.1, 0.15) is 11.5 Å². The zero-order valence-corrected chi connectivity index (χ0v) is 21.7. The number of carbonyl (C=O) groups is 2. The number of rotatable bonds is 7. The van der Waals surface area contributed by atoms with Crippen molar-refractivity contribution in [2.24, 2.45) is 11.8 Å². The lowest BCUT2D eigenvalue weighted by Gasteiger charge is -2.54. The van der Waals surface area contributed by atoms with Gasteiger partial charge in [0.25, 0.3) is 0 Å². The van der Waals surface area contributed by atoms with Gasteiger partial charge in [0.05, 0.1) is 6.26 Å². The second-order valence-corrected chi connectivity index (χ2v) is 11.1. The largest absolute Gasteiger partial charge is 0.469 e. The van der Waals surface area contributed by atoms with E-state index in [2.05, 4.69) is 17.0 Å². The third-order valence-corrected chi connectivity index (χ3v) is 8.67. The highest BCUT2D eigenvalue weighted by atomic mass is 16.5. The van der Waals surface area contributed by atoms with E-state index in [1.165, 1.54) is 31.9 Å². The number of fused-ring (bicyclic) bond motifs is 1. The Morgan fingerprint density at radius 3 is 2.78 bits per heavy atom. The molecule has 2 heterocycles. The van der Waals surface area contributed by atoms with E-state index in [9.17, 15) is 9.59 Å². The van der Waals surface area contributed by atoms with Crippen LogP contribution in [0.15, 0.2) is 47.1 Å². The highest BCUT2D eigenvalue weighted by Crippen LogP contribution is 2.51. The number of piperidine rings is 1. The van der Waals surface area contributed by atoms with Crippen LogP contribution in [0.2, 0.25) is 0 Å². The van der Waals surface area contributed by atoms with Crippen LogP contribution in [0.1, 0.15) is 62.3 Å². The van der Waals surface area contributed by atoms with Crippen molar-refractivity contribution in [3.63, 3.8) is 0 Å². The van der Waals surface area contributed by atoms with Crippen molar-refractivity contribution < 1.29 is 18.7 Å². The molecular weight excluding hydrogens is 452 g/mol. The molecule has 1 aromatic heterocycles. The summed E-state index contributed by atoms with van der Waals surface area (Å²) in [6.45, 7) is 6.76. The molecule has 6 heteroatoms. The molecule has 1 amide bonds. The number of hydrogen-bond donors (Lipinski definition) is 0. The Bertz CT molecular complexity index is 1130. The second kappa shape index (κ2) is 10.3. The van der Waals surface area contributed by atoms with Crippen LogP contribution in [0.3, 0.4) is 0 Å². The van der Waals surface area contributed by atoms with Gasteiger partial charge >= 0.3 is 5.97 Å². The Labute approximate surface area is 214 Å². The molecule has 192 valence electrons. The third-order valence-electron chi connectivity index (χ3n) is 8.67. The zero-order chi connectivity index (χ0) is 25.3. The fourth-order valence-corrected chi connectivity index (χ4v) is 6.41. The molecule has 0 spiro atoms. The standard InChI is InChI=1S/C30H38N2O4/c1-21-24(13-16-35-21)9-12-29(34)31(3)27-11-10-26-20-32(19-23-7-8-23)15-14-30(26,18-27)25-5-4-6-28(17-25)36-22(2)33/h4-6,9,12-13,16-17,23,26-27H,7-8,10-11,14-15,18-20H2,1-3H3/b12-9+/t26-,27+,30+/m1/s1. The van der Waals surface area contributed by atoms with Gasteiger partial charge in [0.2, 0.25) is 5.91 Å². The molecule has 3 aliphatic rings. The minimum Gasteiger partial charge on any atom is -0.469 e. The number of amides is 1. The molecule has 1 aromatic carbocycles. The summed E-state index contributed by atoms with van der Waals surface area (Å²) in [6, 6.07) is 10.2. The average Bonchev–Trinajstić information content (AvgIpc) is 3.59. The van der Waals surface area contributed by atoms with Gasteiger partial charge in [-0.25, -0.2) is 0 Å². The molecule has 1 saturated heterocycles. The number of esters is 1.